The van der Waals surface area contributed by atoms with E-state index in [0.717, 1.165) is 28.3 Å². The third-order valence-corrected chi connectivity index (χ3v) is 14.3. The Morgan fingerprint density at radius 1 is 0.275 bits per heavy atom. The first-order valence-corrected chi connectivity index (χ1v) is 23.8. The van der Waals surface area contributed by atoms with Gasteiger partial charge in [0.1, 0.15) is 0 Å². The molecule has 69 heavy (non-hydrogen) atoms. The summed E-state index contributed by atoms with van der Waals surface area (Å²) in [4.78, 5) is 2.39. The van der Waals surface area contributed by atoms with Gasteiger partial charge >= 0.3 is 0 Å². The smallest absolute Gasteiger partial charge is 0.0713 e. The van der Waals surface area contributed by atoms with Crippen molar-refractivity contribution in [2.45, 2.75) is 5.41 Å². The molecule has 1 aromatic heterocycles. The number of benzene rings is 11. The number of rotatable bonds is 9. The van der Waals surface area contributed by atoms with Crippen LogP contribution >= 0.6 is 0 Å². The van der Waals surface area contributed by atoms with Crippen LogP contribution in [0.1, 0.15) is 22.3 Å². The maximum absolute atomic E-state index is 2.39. The summed E-state index contributed by atoms with van der Waals surface area (Å²) in [5.41, 5.74) is 21.2. The maximum atomic E-state index is 2.39. The number of fused-ring (bicyclic) bond motifs is 6. The van der Waals surface area contributed by atoms with Crippen LogP contribution in [0.2, 0.25) is 0 Å². The van der Waals surface area contributed by atoms with Crippen molar-refractivity contribution in [3.05, 3.63) is 301 Å². The van der Waals surface area contributed by atoms with Crippen molar-refractivity contribution >= 4 is 38.9 Å². The lowest BCUT2D eigenvalue weighted by Gasteiger charge is -2.34. The molecule has 0 N–H and O–H groups in total. The van der Waals surface area contributed by atoms with Crippen molar-refractivity contribution in [3.63, 3.8) is 0 Å². The Labute approximate surface area is 403 Å². The number of hydrogen-bond donors (Lipinski definition) is 0. The largest absolute Gasteiger partial charge is 0.311 e. The Bertz CT molecular complexity index is 3690. The van der Waals surface area contributed by atoms with Crippen molar-refractivity contribution in [2.24, 2.45) is 0 Å². The lowest BCUT2D eigenvalue weighted by molar-refractivity contribution is 0.768. The van der Waals surface area contributed by atoms with Gasteiger partial charge in [-0.15, -0.1) is 0 Å². The molecule has 1 aliphatic rings. The van der Waals surface area contributed by atoms with Gasteiger partial charge < -0.3 is 9.47 Å². The maximum Gasteiger partial charge on any atom is 0.0713 e. The van der Waals surface area contributed by atoms with Crippen molar-refractivity contribution in [3.8, 4) is 50.2 Å². The second-order valence-electron chi connectivity index (χ2n) is 18.0. The summed E-state index contributed by atoms with van der Waals surface area (Å²) in [5, 5.41) is 2.52. The summed E-state index contributed by atoms with van der Waals surface area (Å²) in [6.45, 7) is 0. The topological polar surface area (TPSA) is 8.17 Å². The molecule has 324 valence electrons. The van der Waals surface area contributed by atoms with E-state index in [1.165, 1.54) is 83.0 Å². The van der Waals surface area contributed by atoms with Gasteiger partial charge in [0.25, 0.3) is 0 Å². The third-order valence-electron chi connectivity index (χ3n) is 14.3. The first-order chi connectivity index (χ1) is 34.2. The van der Waals surface area contributed by atoms with Crippen LogP contribution in [0.15, 0.2) is 279 Å². The molecule has 13 rings (SSSR count). The predicted octanol–water partition coefficient (Wildman–Crippen LogP) is 17.6. The zero-order valence-electron chi connectivity index (χ0n) is 38.0. The van der Waals surface area contributed by atoms with Gasteiger partial charge in [-0.1, -0.05) is 218 Å². The van der Waals surface area contributed by atoms with E-state index in [4.69, 9.17) is 0 Å². The zero-order chi connectivity index (χ0) is 45.7. The van der Waals surface area contributed by atoms with E-state index in [9.17, 15) is 0 Å². The molecule has 12 aromatic rings. The van der Waals surface area contributed by atoms with Crippen LogP contribution < -0.4 is 4.90 Å². The number of para-hydroxylation sites is 2. The Kier molecular flexibility index (Phi) is 9.77. The monoisotopic (exact) mass is 878 g/mol. The Hall–Kier alpha value is -8.98. The zero-order valence-corrected chi connectivity index (χ0v) is 38.0. The van der Waals surface area contributed by atoms with E-state index in [0.29, 0.717) is 0 Å². The lowest BCUT2D eigenvalue weighted by Crippen LogP contribution is -2.28. The molecule has 0 radical (unpaired) electrons. The van der Waals surface area contributed by atoms with Gasteiger partial charge in [0.05, 0.1) is 16.4 Å². The summed E-state index contributed by atoms with van der Waals surface area (Å²) in [5.74, 6) is 0. The first-order valence-electron chi connectivity index (χ1n) is 23.8. The average Bonchev–Trinajstić information content (AvgIpc) is 3.93. The molecule has 0 spiro atoms. The van der Waals surface area contributed by atoms with Gasteiger partial charge in [0.15, 0.2) is 0 Å². The van der Waals surface area contributed by atoms with Gasteiger partial charge in [-0.2, -0.15) is 0 Å². The van der Waals surface area contributed by atoms with Crippen LogP contribution in [0, 0.1) is 0 Å². The Morgan fingerprint density at radius 2 is 0.652 bits per heavy atom. The van der Waals surface area contributed by atoms with E-state index >= 15 is 0 Å². The predicted molar refractivity (Wildman–Crippen MR) is 289 cm³/mol. The fraction of sp³-hybridized carbons (Fsp3) is 0.0149. The molecular formula is C67H46N2. The summed E-state index contributed by atoms with van der Waals surface area (Å²) in [6.07, 6.45) is 0. The van der Waals surface area contributed by atoms with Crippen LogP contribution in [-0.2, 0) is 5.41 Å². The molecular weight excluding hydrogens is 833 g/mol. The second kappa shape index (κ2) is 16.7. The molecule has 1 heterocycles. The molecule has 0 aliphatic heterocycles. The van der Waals surface area contributed by atoms with Gasteiger partial charge in [-0.05, 0) is 127 Å². The highest BCUT2D eigenvalue weighted by Gasteiger charge is 2.45. The molecule has 0 saturated carbocycles. The fourth-order valence-corrected chi connectivity index (χ4v) is 11.1. The van der Waals surface area contributed by atoms with Gasteiger partial charge in [-0.25, -0.2) is 0 Å². The van der Waals surface area contributed by atoms with Crippen LogP contribution in [0.4, 0.5) is 17.1 Å². The molecule has 0 fully saturated rings. The minimum atomic E-state index is -0.467. The molecule has 0 bridgehead atoms. The van der Waals surface area contributed by atoms with Gasteiger partial charge in [0, 0.05) is 33.5 Å². The number of nitrogens with zero attached hydrogens (tertiary/aromatic N) is 2. The minimum absolute atomic E-state index is 0.467. The second-order valence-corrected chi connectivity index (χ2v) is 18.0. The van der Waals surface area contributed by atoms with Crippen molar-refractivity contribution in [1.82, 2.24) is 4.57 Å². The highest BCUT2D eigenvalue weighted by atomic mass is 15.1. The molecule has 11 aromatic carbocycles. The molecule has 0 amide bonds. The minimum Gasteiger partial charge on any atom is -0.311 e. The van der Waals surface area contributed by atoms with Crippen LogP contribution in [-0.4, -0.2) is 4.57 Å². The van der Waals surface area contributed by atoms with Crippen molar-refractivity contribution in [1.29, 1.82) is 0 Å². The average molecular weight is 879 g/mol. The fourth-order valence-electron chi connectivity index (χ4n) is 11.1. The number of hydrogen-bond acceptors (Lipinski definition) is 1. The number of aromatic nitrogens is 1. The van der Waals surface area contributed by atoms with Crippen LogP contribution in [0.3, 0.4) is 0 Å². The highest BCUT2D eigenvalue weighted by Crippen LogP contribution is 2.56. The van der Waals surface area contributed by atoms with E-state index in [2.05, 4.69) is 289 Å². The molecule has 1 aliphatic carbocycles. The van der Waals surface area contributed by atoms with E-state index in [-0.39, 0.29) is 0 Å². The Balaban J connectivity index is 0.902. The van der Waals surface area contributed by atoms with Crippen LogP contribution in [0.5, 0.6) is 0 Å². The summed E-state index contributed by atoms with van der Waals surface area (Å²) < 4.78 is 2.39. The van der Waals surface area contributed by atoms with Crippen molar-refractivity contribution < 1.29 is 0 Å². The molecule has 0 unspecified atom stereocenters. The van der Waals surface area contributed by atoms with Gasteiger partial charge in [-0.3, -0.25) is 0 Å². The van der Waals surface area contributed by atoms with Gasteiger partial charge in [0.2, 0.25) is 0 Å². The quantitative estimate of drug-likeness (QED) is 0.140. The van der Waals surface area contributed by atoms with E-state index in [1.54, 1.807) is 0 Å². The molecule has 2 heteroatoms. The number of anilines is 3. The molecule has 0 atom stereocenters. The summed E-state index contributed by atoms with van der Waals surface area (Å²) in [6, 6.07) is 102. The summed E-state index contributed by atoms with van der Waals surface area (Å²) in [7, 11) is 0. The lowest BCUT2D eigenvalue weighted by atomic mass is 9.68. The molecule has 0 saturated heterocycles. The van der Waals surface area contributed by atoms with E-state index in [1.807, 2.05) is 0 Å². The normalized spacial score (nSPS) is 12.5. The third kappa shape index (κ3) is 6.72. The van der Waals surface area contributed by atoms with Crippen LogP contribution in [0.25, 0.3) is 72.0 Å². The standard InChI is InChI=1S/C67H46N2/c1-3-16-47(17-4-1)48-30-32-49(33-31-48)50-34-40-55(41-35-50)68(56-42-36-51(37-43-56)52-18-15-21-58(46-52)69-65-28-13-9-24-61(65)62-25-10-14-29-66(62)69)57-44-38-54(39-45-57)67(53-19-5-2-6-20-53)63-26-11-7-22-59(63)60-23-8-12-27-64(60)67/h1-46H. The highest BCUT2D eigenvalue weighted by molar-refractivity contribution is 6.09. The summed E-state index contributed by atoms with van der Waals surface area (Å²) >= 11 is 0. The first kappa shape index (κ1) is 40.3. The Morgan fingerprint density at radius 3 is 1.19 bits per heavy atom. The van der Waals surface area contributed by atoms with E-state index < -0.39 is 5.41 Å². The SMILES string of the molecule is c1ccc(-c2ccc(-c3ccc(N(c4ccc(-c5cccc(-n6c7ccccc7c7ccccc76)c5)cc4)c4ccc(C5(c6ccccc6)c6ccccc6-c6ccccc65)cc4)cc3)cc2)cc1. The molecule has 2 nitrogen and oxygen atoms in total. The van der Waals surface area contributed by atoms with Crippen molar-refractivity contribution in [2.75, 3.05) is 4.90 Å².